The van der Waals surface area contributed by atoms with E-state index >= 15 is 0 Å². The number of allylic oxidation sites excluding steroid dienone is 1. The Morgan fingerprint density at radius 3 is 2.50 bits per heavy atom. The Morgan fingerprint density at radius 2 is 1.87 bits per heavy atom. The number of hydrogen-bond acceptors (Lipinski definition) is 10. The summed E-state index contributed by atoms with van der Waals surface area (Å²) in [5.41, 5.74) is 1.77. The quantitative estimate of drug-likeness (QED) is 0.0402. The van der Waals surface area contributed by atoms with Crippen molar-refractivity contribution in [2.75, 3.05) is 11.1 Å². The summed E-state index contributed by atoms with van der Waals surface area (Å²) in [6, 6.07) is 19.1. The zero-order valence-electron chi connectivity index (χ0n) is 27.9. The van der Waals surface area contributed by atoms with Gasteiger partial charge in [0.25, 0.3) is 11.8 Å². The Balaban J connectivity index is 1.19. The summed E-state index contributed by atoms with van der Waals surface area (Å²) in [7, 11) is 0.110. The van der Waals surface area contributed by atoms with Gasteiger partial charge >= 0.3 is 5.97 Å². The minimum Gasteiger partial charge on any atom is -0.448 e. The second-order valence-corrected chi connectivity index (χ2v) is 14.6. The zero-order valence-corrected chi connectivity index (χ0v) is 29.5. The van der Waals surface area contributed by atoms with Crippen LogP contribution in [0.2, 0.25) is 0 Å². The van der Waals surface area contributed by atoms with E-state index in [2.05, 4.69) is 20.8 Å². The number of carbonyl (C=O) groups is 4. The summed E-state index contributed by atoms with van der Waals surface area (Å²) >= 11 is 1.07. The molecule has 2 aliphatic heterocycles. The molecule has 7 rings (SSSR count). The van der Waals surface area contributed by atoms with Crippen LogP contribution in [-0.4, -0.2) is 72.0 Å². The monoisotopic (exact) mass is 740 g/mol. The van der Waals surface area contributed by atoms with Crippen molar-refractivity contribution >= 4 is 57.2 Å². The van der Waals surface area contributed by atoms with Crippen molar-refractivity contribution in [1.82, 2.24) is 19.9 Å². The predicted octanol–water partition coefficient (Wildman–Crippen LogP) is 2.48. The molecule has 3 aliphatic rings. The number of thiazole rings is 1. The fraction of sp³-hybridized carbons (Fsp3) is 0.250. The van der Waals surface area contributed by atoms with Gasteiger partial charge in [0.05, 0.1) is 22.7 Å². The van der Waals surface area contributed by atoms with Gasteiger partial charge < -0.3 is 20.2 Å². The van der Waals surface area contributed by atoms with E-state index in [1.165, 1.54) is 10.3 Å². The van der Waals surface area contributed by atoms with E-state index in [1.807, 2.05) is 108 Å². The summed E-state index contributed by atoms with van der Waals surface area (Å²) in [5.74, 6) is -2.24. The molecule has 2 unspecified atom stereocenters. The summed E-state index contributed by atoms with van der Waals surface area (Å²) in [4.78, 5) is 64.2. The first-order valence-corrected chi connectivity index (χ1v) is 18.7. The highest BCUT2D eigenvalue weighted by Crippen LogP contribution is 2.37. The lowest BCUT2D eigenvalue weighted by Crippen LogP contribution is -2.74. The maximum Gasteiger partial charge on any atom is 0.356 e. The van der Waals surface area contributed by atoms with E-state index in [-0.39, 0.29) is 40.6 Å². The van der Waals surface area contributed by atoms with E-state index < -0.39 is 46.1 Å². The smallest absolute Gasteiger partial charge is 0.356 e. The highest BCUT2D eigenvalue weighted by Gasteiger charge is 2.58. The third-order valence-electron chi connectivity index (χ3n) is 8.82. The van der Waals surface area contributed by atoms with E-state index in [4.69, 9.17) is 9.57 Å². The Bertz CT molecular complexity index is 2070. The van der Waals surface area contributed by atoms with Crippen LogP contribution in [0, 0.1) is 0 Å². The SMILES string of the molecule is C[n+]1cccn1CC1=C(C(=O)OC(c2ccccc2)c2ccccc2)N2C(=O)[C@@H](NC(=O)C(=NOC3C=CCC3)c3csc(NC=O)n3)[C@H]2S(=O)C1. The number of hydrogen-bond donors (Lipinski definition) is 2. The number of anilines is 1. The number of benzene rings is 2. The van der Waals surface area contributed by atoms with Crippen molar-refractivity contribution in [3.63, 3.8) is 0 Å². The number of ether oxygens (including phenoxy) is 1. The molecule has 1 fully saturated rings. The molecule has 266 valence electrons. The van der Waals surface area contributed by atoms with E-state index in [0.29, 0.717) is 18.4 Å². The molecular weight excluding hydrogens is 707 g/mol. The third kappa shape index (κ3) is 7.07. The average molecular weight is 741 g/mol. The number of aryl methyl sites for hydroxylation is 1. The van der Waals surface area contributed by atoms with Crippen LogP contribution in [0.3, 0.4) is 0 Å². The number of oxime groups is 1. The van der Waals surface area contributed by atoms with Crippen LogP contribution in [-0.2, 0) is 53.1 Å². The van der Waals surface area contributed by atoms with Gasteiger partial charge in [-0.1, -0.05) is 71.9 Å². The van der Waals surface area contributed by atoms with E-state index in [9.17, 15) is 23.4 Å². The molecule has 2 N–H and O–H groups in total. The molecule has 16 heteroatoms. The Morgan fingerprint density at radius 1 is 1.13 bits per heavy atom. The minimum atomic E-state index is -1.72. The number of amides is 3. The molecule has 14 nitrogen and oxygen atoms in total. The van der Waals surface area contributed by atoms with Gasteiger partial charge in [0.15, 0.2) is 30.2 Å². The first-order valence-electron chi connectivity index (χ1n) is 16.4. The van der Waals surface area contributed by atoms with Gasteiger partial charge in [0, 0.05) is 11.4 Å². The lowest BCUT2D eigenvalue weighted by Gasteiger charge is -2.49. The van der Waals surface area contributed by atoms with Gasteiger partial charge in [0.1, 0.15) is 35.5 Å². The van der Waals surface area contributed by atoms with Gasteiger partial charge in [-0.2, -0.15) is 4.68 Å². The van der Waals surface area contributed by atoms with Crippen molar-refractivity contribution in [2.24, 2.45) is 12.2 Å². The van der Waals surface area contributed by atoms with Crippen LogP contribution in [0.15, 0.2) is 113 Å². The largest absolute Gasteiger partial charge is 0.448 e. The standard InChI is InChI=1S/C36H33N7O7S2/c1-41-17-10-18-42(41)19-25-21-52(48)34-29(39-32(45)28(40-50-26-15-8-9-16-26)27-20-51-36(38-27)37-22-44)33(46)43(34)30(25)35(47)49-31(23-11-4-2-5-12-23)24-13-6-3-7-14-24/h2-8,10-15,17-18,20,22,26,29,31,34H,9,16,19,21H2,1H3,(H-,37,38,39,44,45)/p+1/t26?,29-,34-,52?/m1/s1. The van der Waals surface area contributed by atoms with Gasteiger partial charge in [-0.15, -0.1) is 16.0 Å². The van der Waals surface area contributed by atoms with E-state index in [1.54, 1.807) is 0 Å². The lowest BCUT2D eigenvalue weighted by molar-refractivity contribution is -0.752. The highest BCUT2D eigenvalue weighted by molar-refractivity contribution is 7.86. The van der Waals surface area contributed by atoms with Gasteiger partial charge in [-0.25, -0.2) is 9.78 Å². The Labute approximate surface area is 304 Å². The third-order valence-corrected chi connectivity index (χ3v) is 11.3. The zero-order chi connectivity index (χ0) is 36.2. The number of carbonyl (C=O) groups excluding carboxylic acids is 4. The van der Waals surface area contributed by atoms with Crippen LogP contribution < -0.4 is 15.3 Å². The molecule has 4 heterocycles. The van der Waals surface area contributed by atoms with Crippen molar-refractivity contribution in [1.29, 1.82) is 0 Å². The highest BCUT2D eigenvalue weighted by atomic mass is 32.2. The van der Waals surface area contributed by atoms with Crippen LogP contribution in [0.1, 0.15) is 35.8 Å². The molecule has 0 bridgehead atoms. The fourth-order valence-corrected chi connectivity index (χ4v) is 8.58. The van der Waals surface area contributed by atoms with Crippen molar-refractivity contribution < 1.29 is 37.6 Å². The number of rotatable bonds is 13. The molecule has 0 spiro atoms. The van der Waals surface area contributed by atoms with Crippen LogP contribution >= 0.6 is 11.3 Å². The van der Waals surface area contributed by atoms with Crippen molar-refractivity contribution in [3.05, 3.63) is 125 Å². The first-order chi connectivity index (χ1) is 25.3. The van der Waals surface area contributed by atoms with Crippen LogP contribution in [0.4, 0.5) is 5.13 Å². The number of aromatic nitrogens is 3. The molecule has 1 aliphatic carbocycles. The lowest BCUT2D eigenvalue weighted by atomic mass is 10.0. The van der Waals surface area contributed by atoms with Gasteiger partial charge in [0.2, 0.25) is 6.41 Å². The maximum atomic E-state index is 14.4. The second kappa shape index (κ2) is 15.2. The molecular formula is C36H34N7O7S2+. The van der Waals surface area contributed by atoms with Crippen LogP contribution in [0.5, 0.6) is 0 Å². The fourth-order valence-electron chi connectivity index (χ4n) is 6.25. The molecule has 0 saturated carbocycles. The summed E-state index contributed by atoms with van der Waals surface area (Å²) in [5, 5.41) is 9.90. The first kappa shape index (κ1) is 34.7. The molecule has 4 aromatic rings. The molecule has 0 radical (unpaired) electrons. The maximum absolute atomic E-state index is 14.4. The van der Waals surface area contributed by atoms with Crippen molar-refractivity contribution in [2.45, 2.75) is 43.0 Å². The minimum absolute atomic E-state index is 0.0139. The molecule has 2 aromatic carbocycles. The number of nitrogens with zero attached hydrogens (tertiary/aromatic N) is 5. The predicted molar refractivity (Wildman–Crippen MR) is 191 cm³/mol. The van der Waals surface area contributed by atoms with Crippen molar-refractivity contribution in [3.8, 4) is 0 Å². The average Bonchev–Trinajstić information content (AvgIpc) is 3.94. The Kier molecular flexibility index (Phi) is 10.2. The number of nitrogens with one attached hydrogen (secondary N) is 2. The molecule has 2 aromatic heterocycles. The van der Waals surface area contributed by atoms with Gasteiger partial charge in [-0.05, 0) is 35.6 Å². The number of β-lactam (4-membered cyclic amide) rings is 1. The topological polar surface area (TPSA) is 165 Å². The van der Waals surface area contributed by atoms with Crippen LogP contribution in [0.25, 0.3) is 0 Å². The normalized spacial score (nSPS) is 21.1. The molecule has 1 saturated heterocycles. The second-order valence-electron chi connectivity index (χ2n) is 12.2. The molecule has 4 atom stereocenters. The summed E-state index contributed by atoms with van der Waals surface area (Å²) < 4.78 is 23.8. The van der Waals surface area contributed by atoms with Gasteiger partial charge in [-0.3, -0.25) is 23.5 Å². The molecule has 3 amide bonds. The molecule has 52 heavy (non-hydrogen) atoms. The summed E-state index contributed by atoms with van der Waals surface area (Å²) in [6.45, 7) is 0.166. The number of fused-ring (bicyclic) bond motifs is 1. The summed E-state index contributed by atoms with van der Waals surface area (Å²) in [6.07, 6.45) is 8.19. The Hall–Kier alpha value is -5.74. The van der Waals surface area contributed by atoms with E-state index in [0.717, 1.165) is 28.9 Å². The number of esters is 1.